The van der Waals surface area contributed by atoms with Crippen molar-refractivity contribution in [3.05, 3.63) is 53.6 Å². The van der Waals surface area contributed by atoms with Crippen LogP contribution in [0.15, 0.2) is 42.5 Å². The van der Waals surface area contributed by atoms with Gasteiger partial charge >= 0.3 is 0 Å². The number of hydrogen-bond acceptors (Lipinski definition) is 4. The molecule has 1 amide bonds. The van der Waals surface area contributed by atoms with E-state index in [1.54, 1.807) is 14.2 Å². The van der Waals surface area contributed by atoms with Crippen LogP contribution in [0.5, 0.6) is 17.2 Å². The van der Waals surface area contributed by atoms with Crippen molar-refractivity contribution in [2.45, 2.75) is 38.8 Å². The van der Waals surface area contributed by atoms with E-state index >= 15 is 0 Å². The Morgan fingerprint density at radius 3 is 2.44 bits per heavy atom. The fraction of sp³-hybridized carbons (Fsp3) is 0.409. The van der Waals surface area contributed by atoms with E-state index < -0.39 is 6.10 Å². The number of amides is 1. The van der Waals surface area contributed by atoms with Crippen molar-refractivity contribution in [2.75, 3.05) is 20.8 Å². The van der Waals surface area contributed by atoms with E-state index in [1.165, 1.54) is 0 Å². The Morgan fingerprint density at radius 2 is 1.78 bits per heavy atom. The third-order valence-electron chi connectivity index (χ3n) is 5.01. The molecule has 0 unspecified atom stereocenters. The highest BCUT2D eigenvalue weighted by molar-refractivity contribution is 5.81. The quantitative estimate of drug-likeness (QED) is 0.768. The Morgan fingerprint density at radius 1 is 1.07 bits per heavy atom. The highest BCUT2D eigenvalue weighted by Gasteiger charge is 2.33. The molecule has 2 atom stereocenters. The molecule has 0 radical (unpaired) electrons. The summed E-state index contributed by atoms with van der Waals surface area (Å²) in [5, 5.41) is 0. The van der Waals surface area contributed by atoms with Gasteiger partial charge in [0.1, 0.15) is 5.75 Å². The zero-order valence-electron chi connectivity index (χ0n) is 16.4. The molecule has 27 heavy (non-hydrogen) atoms. The number of methoxy groups -OCH3 is 2. The van der Waals surface area contributed by atoms with Crippen molar-refractivity contribution in [1.82, 2.24) is 4.90 Å². The molecule has 1 saturated heterocycles. The van der Waals surface area contributed by atoms with Crippen molar-refractivity contribution >= 4 is 5.91 Å². The van der Waals surface area contributed by atoms with Gasteiger partial charge in [0, 0.05) is 6.54 Å². The van der Waals surface area contributed by atoms with E-state index in [0.717, 1.165) is 30.5 Å². The minimum Gasteiger partial charge on any atom is -0.493 e. The number of carbonyl (C=O) groups is 1. The van der Waals surface area contributed by atoms with E-state index in [2.05, 4.69) is 0 Å². The van der Waals surface area contributed by atoms with Gasteiger partial charge in [-0.15, -0.1) is 0 Å². The van der Waals surface area contributed by atoms with E-state index in [-0.39, 0.29) is 11.9 Å². The summed E-state index contributed by atoms with van der Waals surface area (Å²) in [6, 6.07) is 13.6. The highest BCUT2D eigenvalue weighted by Crippen LogP contribution is 2.37. The second-order valence-corrected chi connectivity index (χ2v) is 6.88. The lowest BCUT2D eigenvalue weighted by Gasteiger charge is -2.28. The summed E-state index contributed by atoms with van der Waals surface area (Å²) in [5.74, 6) is 2.09. The molecule has 1 fully saturated rings. The summed E-state index contributed by atoms with van der Waals surface area (Å²) in [6.45, 7) is 4.57. The summed E-state index contributed by atoms with van der Waals surface area (Å²) < 4.78 is 16.6. The lowest BCUT2D eigenvalue weighted by molar-refractivity contribution is -0.138. The molecule has 1 aliphatic rings. The molecule has 1 aliphatic heterocycles. The number of nitrogens with zero attached hydrogens (tertiary/aromatic N) is 1. The van der Waals surface area contributed by atoms with E-state index in [1.807, 2.05) is 61.2 Å². The monoisotopic (exact) mass is 369 g/mol. The predicted octanol–water partition coefficient (Wildman–Crippen LogP) is 4.14. The Hall–Kier alpha value is -2.69. The second-order valence-electron chi connectivity index (χ2n) is 6.88. The van der Waals surface area contributed by atoms with Crippen molar-refractivity contribution in [3.8, 4) is 17.2 Å². The molecule has 0 saturated carbocycles. The minimum absolute atomic E-state index is 0.00728. The standard InChI is InChI=1S/C22H27NO4/c1-15-7-10-18(11-8-15)27-16(2)22(24)23-13-5-6-19(23)17-9-12-20(25-3)21(14-17)26-4/h7-12,14,16,19H,5-6,13H2,1-4H3/t16-,19+/m1/s1. The van der Waals surface area contributed by atoms with Gasteiger partial charge < -0.3 is 19.1 Å². The molecule has 2 aromatic rings. The Kier molecular flexibility index (Phi) is 5.89. The van der Waals surface area contributed by atoms with Gasteiger partial charge in [0.15, 0.2) is 17.6 Å². The van der Waals surface area contributed by atoms with Crippen molar-refractivity contribution in [2.24, 2.45) is 0 Å². The largest absolute Gasteiger partial charge is 0.493 e. The summed E-state index contributed by atoms with van der Waals surface area (Å²) in [6.07, 6.45) is 1.37. The van der Waals surface area contributed by atoms with Gasteiger partial charge in [-0.05, 0) is 56.5 Å². The molecule has 5 nitrogen and oxygen atoms in total. The van der Waals surface area contributed by atoms with Crippen LogP contribution < -0.4 is 14.2 Å². The van der Waals surface area contributed by atoms with Crippen LogP contribution in [0, 0.1) is 6.92 Å². The Balaban J connectivity index is 1.75. The number of ether oxygens (including phenoxy) is 3. The van der Waals surface area contributed by atoms with Crippen LogP contribution in [-0.2, 0) is 4.79 Å². The number of aryl methyl sites for hydroxylation is 1. The van der Waals surface area contributed by atoms with Crippen LogP contribution >= 0.6 is 0 Å². The van der Waals surface area contributed by atoms with Gasteiger partial charge in [-0.2, -0.15) is 0 Å². The molecule has 0 bridgehead atoms. The van der Waals surface area contributed by atoms with Crippen LogP contribution in [0.3, 0.4) is 0 Å². The number of rotatable bonds is 6. The molecule has 3 rings (SSSR count). The van der Waals surface area contributed by atoms with Gasteiger partial charge in [0.05, 0.1) is 20.3 Å². The first-order chi connectivity index (χ1) is 13.0. The minimum atomic E-state index is -0.534. The van der Waals surface area contributed by atoms with Crippen molar-refractivity contribution < 1.29 is 19.0 Å². The van der Waals surface area contributed by atoms with Crippen LogP contribution in [0.4, 0.5) is 0 Å². The summed E-state index contributed by atoms with van der Waals surface area (Å²) >= 11 is 0. The third kappa shape index (κ3) is 4.18. The van der Waals surface area contributed by atoms with Gasteiger partial charge in [0.25, 0.3) is 5.91 Å². The second kappa shape index (κ2) is 8.33. The molecular formula is C22H27NO4. The van der Waals surface area contributed by atoms with Gasteiger partial charge in [0.2, 0.25) is 0 Å². The molecule has 1 heterocycles. The van der Waals surface area contributed by atoms with Crippen LogP contribution in [0.2, 0.25) is 0 Å². The summed E-state index contributed by atoms with van der Waals surface area (Å²) in [7, 11) is 3.24. The maximum Gasteiger partial charge on any atom is 0.263 e. The molecular weight excluding hydrogens is 342 g/mol. The number of benzene rings is 2. The Labute approximate surface area is 160 Å². The lowest BCUT2D eigenvalue weighted by Crippen LogP contribution is -2.40. The maximum atomic E-state index is 13.0. The maximum absolute atomic E-state index is 13.0. The van der Waals surface area contributed by atoms with Crippen molar-refractivity contribution in [3.63, 3.8) is 0 Å². The highest BCUT2D eigenvalue weighted by atomic mass is 16.5. The number of carbonyl (C=O) groups excluding carboxylic acids is 1. The molecule has 0 spiro atoms. The lowest BCUT2D eigenvalue weighted by atomic mass is 10.0. The molecule has 0 N–H and O–H groups in total. The summed E-state index contributed by atoms with van der Waals surface area (Å²) in [4.78, 5) is 14.9. The SMILES string of the molecule is COc1ccc([C@@H]2CCCN2C(=O)[C@@H](C)Oc2ccc(C)cc2)cc1OC. The molecule has 0 aromatic heterocycles. The zero-order chi connectivity index (χ0) is 19.4. The number of likely N-dealkylation sites (tertiary alicyclic amines) is 1. The van der Waals surface area contributed by atoms with Crippen LogP contribution in [0.25, 0.3) is 0 Å². The average Bonchev–Trinajstić information content (AvgIpc) is 3.18. The van der Waals surface area contributed by atoms with E-state index in [9.17, 15) is 4.79 Å². The topological polar surface area (TPSA) is 48.0 Å². The van der Waals surface area contributed by atoms with E-state index in [0.29, 0.717) is 17.2 Å². The van der Waals surface area contributed by atoms with Crippen molar-refractivity contribution in [1.29, 1.82) is 0 Å². The molecule has 144 valence electrons. The van der Waals surface area contributed by atoms with Crippen LogP contribution in [0.1, 0.15) is 36.9 Å². The van der Waals surface area contributed by atoms with Crippen LogP contribution in [-0.4, -0.2) is 37.7 Å². The van der Waals surface area contributed by atoms with Gasteiger partial charge in [-0.25, -0.2) is 0 Å². The number of hydrogen-bond donors (Lipinski definition) is 0. The normalized spacial score (nSPS) is 17.5. The van der Waals surface area contributed by atoms with Gasteiger partial charge in [-0.1, -0.05) is 23.8 Å². The first kappa shape index (κ1) is 19.1. The van der Waals surface area contributed by atoms with E-state index in [4.69, 9.17) is 14.2 Å². The first-order valence-electron chi connectivity index (χ1n) is 9.29. The van der Waals surface area contributed by atoms with Gasteiger partial charge in [-0.3, -0.25) is 4.79 Å². The average molecular weight is 369 g/mol. The zero-order valence-corrected chi connectivity index (χ0v) is 16.4. The fourth-order valence-corrected chi connectivity index (χ4v) is 3.54. The smallest absolute Gasteiger partial charge is 0.263 e. The first-order valence-corrected chi connectivity index (χ1v) is 9.29. The Bertz CT molecular complexity index is 787. The molecule has 5 heteroatoms. The fourth-order valence-electron chi connectivity index (χ4n) is 3.54. The predicted molar refractivity (Wildman–Crippen MR) is 105 cm³/mol. The molecule has 0 aliphatic carbocycles. The third-order valence-corrected chi connectivity index (χ3v) is 5.01. The summed E-state index contributed by atoms with van der Waals surface area (Å²) in [5.41, 5.74) is 2.22. The molecule has 2 aromatic carbocycles.